The standard InChI is InChI=1S/C20H22N2O3/c1-3-14-7-9-16(10-8-14)21-20(24)15-11-19(23)22(13-15)17-5-4-6-18(12-17)25-2/h4-10,12,15H,3,11,13H2,1-2H3,(H,21,24)/t15-/m1/s1. The summed E-state index contributed by atoms with van der Waals surface area (Å²) in [5.74, 6) is 0.163. The maximum absolute atomic E-state index is 12.5. The van der Waals surface area contributed by atoms with Crippen molar-refractivity contribution in [2.24, 2.45) is 5.92 Å². The molecule has 5 nitrogen and oxygen atoms in total. The summed E-state index contributed by atoms with van der Waals surface area (Å²) < 4.78 is 5.20. The lowest BCUT2D eigenvalue weighted by Gasteiger charge is -2.17. The third-order valence-electron chi connectivity index (χ3n) is 4.49. The van der Waals surface area contributed by atoms with Crippen LogP contribution in [0.15, 0.2) is 48.5 Å². The number of carbonyl (C=O) groups excluding carboxylic acids is 2. The molecule has 1 fully saturated rings. The van der Waals surface area contributed by atoms with Crippen molar-refractivity contribution >= 4 is 23.2 Å². The Morgan fingerprint density at radius 3 is 2.68 bits per heavy atom. The minimum Gasteiger partial charge on any atom is -0.497 e. The van der Waals surface area contributed by atoms with Crippen LogP contribution in [-0.2, 0) is 16.0 Å². The number of nitrogens with one attached hydrogen (secondary N) is 1. The van der Waals surface area contributed by atoms with Gasteiger partial charge in [-0.15, -0.1) is 0 Å². The number of amides is 2. The molecule has 0 spiro atoms. The number of aryl methyl sites for hydroxylation is 1. The molecule has 3 rings (SSSR count). The Bertz CT molecular complexity index is 771. The number of carbonyl (C=O) groups is 2. The van der Waals surface area contributed by atoms with E-state index in [9.17, 15) is 9.59 Å². The number of nitrogens with zero attached hydrogens (tertiary/aromatic N) is 1. The van der Waals surface area contributed by atoms with Crippen LogP contribution < -0.4 is 15.0 Å². The highest BCUT2D eigenvalue weighted by atomic mass is 16.5. The molecule has 2 aromatic carbocycles. The Balaban J connectivity index is 1.67. The van der Waals surface area contributed by atoms with Crippen LogP contribution in [0.3, 0.4) is 0 Å². The Labute approximate surface area is 147 Å². The van der Waals surface area contributed by atoms with E-state index in [1.165, 1.54) is 5.56 Å². The van der Waals surface area contributed by atoms with Crippen molar-refractivity contribution in [2.45, 2.75) is 19.8 Å². The first-order valence-corrected chi connectivity index (χ1v) is 8.45. The molecule has 25 heavy (non-hydrogen) atoms. The second-order valence-electron chi connectivity index (χ2n) is 6.15. The lowest BCUT2D eigenvalue weighted by atomic mass is 10.1. The lowest BCUT2D eigenvalue weighted by molar-refractivity contribution is -0.122. The fraction of sp³-hybridized carbons (Fsp3) is 0.300. The number of benzene rings is 2. The van der Waals surface area contributed by atoms with Crippen LogP contribution >= 0.6 is 0 Å². The normalized spacial score (nSPS) is 16.8. The molecule has 1 aliphatic rings. The van der Waals surface area contributed by atoms with E-state index in [1.807, 2.05) is 48.5 Å². The molecule has 0 aliphatic carbocycles. The molecule has 0 aromatic heterocycles. The van der Waals surface area contributed by atoms with E-state index in [1.54, 1.807) is 12.0 Å². The average molecular weight is 338 g/mol. The van der Waals surface area contributed by atoms with E-state index in [2.05, 4.69) is 12.2 Å². The zero-order valence-corrected chi connectivity index (χ0v) is 14.5. The van der Waals surface area contributed by atoms with Crippen LogP contribution in [-0.4, -0.2) is 25.5 Å². The quantitative estimate of drug-likeness (QED) is 0.910. The third kappa shape index (κ3) is 3.82. The van der Waals surface area contributed by atoms with Gasteiger partial charge in [-0.05, 0) is 36.2 Å². The van der Waals surface area contributed by atoms with Gasteiger partial charge in [0.25, 0.3) is 0 Å². The molecule has 1 saturated heterocycles. The summed E-state index contributed by atoms with van der Waals surface area (Å²) in [4.78, 5) is 26.5. The highest BCUT2D eigenvalue weighted by Crippen LogP contribution is 2.28. The fourth-order valence-electron chi connectivity index (χ4n) is 2.98. The number of anilines is 2. The monoisotopic (exact) mass is 338 g/mol. The van der Waals surface area contributed by atoms with Crippen molar-refractivity contribution in [1.82, 2.24) is 0 Å². The molecule has 5 heteroatoms. The molecule has 130 valence electrons. The van der Waals surface area contributed by atoms with Crippen LogP contribution in [0.5, 0.6) is 5.75 Å². The molecule has 0 bridgehead atoms. The van der Waals surface area contributed by atoms with Crippen LogP contribution in [0.1, 0.15) is 18.9 Å². The molecule has 0 radical (unpaired) electrons. The first kappa shape index (κ1) is 17.0. The van der Waals surface area contributed by atoms with Crippen molar-refractivity contribution in [1.29, 1.82) is 0 Å². The summed E-state index contributed by atoms with van der Waals surface area (Å²) >= 11 is 0. The summed E-state index contributed by atoms with van der Waals surface area (Å²) in [6, 6.07) is 15.1. The molecule has 1 N–H and O–H groups in total. The van der Waals surface area contributed by atoms with Gasteiger partial charge in [-0.25, -0.2) is 0 Å². The van der Waals surface area contributed by atoms with Crippen LogP contribution in [0, 0.1) is 5.92 Å². The number of methoxy groups -OCH3 is 1. The van der Waals surface area contributed by atoms with Gasteiger partial charge in [-0.3, -0.25) is 9.59 Å². The zero-order valence-electron chi connectivity index (χ0n) is 14.5. The predicted molar refractivity (Wildman–Crippen MR) is 97.9 cm³/mol. The topological polar surface area (TPSA) is 58.6 Å². The largest absolute Gasteiger partial charge is 0.497 e. The first-order chi connectivity index (χ1) is 12.1. The third-order valence-corrected chi connectivity index (χ3v) is 4.49. The molecule has 2 aromatic rings. The Kier molecular flexibility index (Phi) is 5.03. The van der Waals surface area contributed by atoms with Gasteiger partial charge in [0.05, 0.1) is 13.0 Å². The molecule has 1 heterocycles. The minimum absolute atomic E-state index is 0.0465. The minimum atomic E-state index is -0.357. The fourth-order valence-corrected chi connectivity index (χ4v) is 2.98. The van der Waals surface area contributed by atoms with E-state index in [4.69, 9.17) is 4.74 Å². The van der Waals surface area contributed by atoms with Gasteiger partial charge in [0, 0.05) is 30.4 Å². The van der Waals surface area contributed by atoms with E-state index in [0.29, 0.717) is 12.3 Å². The smallest absolute Gasteiger partial charge is 0.229 e. The van der Waals surface area contributed by atoms with Crippen LogP contribution in [0.2, 0.25) is 0 Å². The molecular formula is C20H22N2O3. The van der Waals surface area contributed by atoms with Gasteiger partial charge in [0.1, 0.15) is 5.75 Å². The second kappa shape index (κ2) is 7.38. The summed E-state index contributed by atoms with van der Waals surface area (Å²) in [5, 5.41) is 2.91. The van der Waals surface area contributed by atoms with Crippen LogP contribution in [0.4, 0.5) is 11.4 Å². The first-order valence-electron chi connectivity index (χ1n) is 8.45. The van der Waals surface area contributed by atoms with Crippen molar-refractivity contribution in [3.63, 3.8) is 0 Å². The molecule has 0 saturated carbocycles. The van der Waals surface area contributed by atoms with Gasteiger partial charge >= 0.3 is 0 Å². The van der Waals surface area contributed by atoms with Crippen molar-refractivity contribution in [2.75, 3.05) is 23.9 Å². The van der Waals surface area contributed by atoms with Crippen molar-refractivity contribution < 1.29 is 14.3 Å². The highest BCUT2D eigenvalue weighted by Gasteiger charge is 2.35. The maximum Gasteiger partial charge on any atom is 0.229 e. The summed E-state index contributed by atoms with van der Waals surface area (Å²) in [5.41, 5.74) is 2.74. The summed E-state index contributed by atoms with van der Waals surface area (Å²) in [7, 11) is 1.59. The molecule has 0 unspecified atom stereocenters. The number of hydrogen-bond acceptors (Lipinski definition) is 3. The average Bonchev–Trinajstić information content (AvgIpc) is 3.04. The molecule has 1 aliphatic heterocycles. The van der Waals surface area contributed by atoms with Crippen molar-refractivity contribution in [3.05, 3.63) is 54.1 Å². The molecular weight excluding hydrogens is 316 g/mol. The van der Waals surface area contributed by atoms with E-state index in [0.717, 1.165) is 17.8 Å². The van der Waals surface area contributed by atoms with Gasteiger partial charge in [0.2, 0.25) is 11.8 Å². The van der Waals surface area contributed by atoms with Gasteiger partial charge < -0.3 is 15.0 Å². The number of hydrogen-bond donors (Lipinski definition) is 1. The molecule has 1 atom stereocenters. The van der Waals surface area contributed by atoms with Crippen LogP contribution in [0.25, 0.3) is 0 Å². The molecule has 2 amide bonds. The number of ether oxygens (including phenoxy) is 1. The SMILES string of the molecule is CCc1ccc(NC(=O)[C@@H]2CC(=O)N(c3cccc(OC)c3)C2)cc1. The summed E-state index contributed by atoms with van der Waals surface area (Å²) in [6.45, 7) is 2.47. The lowest BCUT2D eigenvalue weighted by Crippen LogP contribution is -2.28. The van der Waals surface area contributed by atoms with E-state index >= 15 is 0 Å². The number of rotatable bonds is 5. The zero-order chi connectivity index (χ0) is 17.8. The Morgan fingerprint density at radius 2 is 2.00 bits per heavy atom. The highest BCUT2D eigenvalue weighted by molar-refractivity contribution is 6.03. The Morgan fingerprint density at radius 1 is 1.24 bits per heavy atom. The van der Waals surface area contributed by atoms with E-state index < -0.39 is 0 Å². The summed E-state index contributed by atoms with van der Waals surface area (Å²) in [6.07, 6.45) is 1.18. The van der Waals surface area contributed by atoms with E-state index in [-0.39, 0.29) is 24.2 Å². The van der Waals surface area contributed by atoms with Gasteiger partial charge in [-0.1, -0.05) is 25.1 Å². The predicted octanol–water partition coefficient (Wildman–Crippen LogP) is 3.25. The van der Waals surface area contributed by atoms with Crippen molar-refractivity contribution in [3.8, 4) is 5.75 Å². The second-order valence-corrected chi connectivity index (χ2v) is 6.15. The Hall–Kier alpha value is -2.82. The maximum atomic E-state index is 12.5. The van der Waals surface area contributed by atoms with Gasteiger partial charge in [0.15, 0.2) is 0 Å². The van der Waals surface area contributed by atoms with Gasteiger partial charge in [-0.2, -0.15) is 0 Å².